The zero-order chi connectivity index (χ0) is 33.5. The van der Waals surface area contributed by atoms with Gasteiger partial charge in [-0.15, -0.1) is 0 Å². The molecule has 0 aromatic rings. The highest BCUT2D eigenvalue weighted by atomic mass is 16.7. The van der Waals surface area contributed by atoms with Gasteiger partial charge in [0.1, 0.15) is 24.4 Å². The zero-order valence-electron chi connectivity index (χ0n) is 28.8. The number of fused-ring (bicyclic) bond motifs is 5. The van der Waals surface area contributed by atoms with Crippen molar-refractivity contribution in [2.75, 3.05) is 6.61 Å². The van der Waals surface area contributed by atoms with Crippen molar-refractivity contribution in [2.24, 2.45) is 45.3 Å². The van der Waals surface area contributed by atoms with E-state index in [1.807, 2.05) is 13.8 Å². The molecule has 260 valence electrons. The quantitative estimate of drug-likeness (QED) is 0.164. The molecule has 0 aromatic heterocycles. The fraction of sp³-hybridized carbons (Fsp3) is 0.944. The normalized spacial score (nSPS) is 51.8. The Morgan fingerprint density at radius 3 is 2.22 bits per heavy atom. The Morgan fingerprint density at radius 2 is 1.60 bits per heavy atom. The molecule has 1 saturated heterocycles. The first-order valence-corrected chi connectivity index (χ1v) is 17.4. The SMILES string of the molecule is C/C(=C/CCC(C)(C)O)[C@H]1CC[C@]2(C)[C@@H]1[C@H](O)C[C@@H]1[C@]3(C)CC[C@@H](O)C(C)(C)[C@H]3[C@@H](O[C@@H]3O[C@H](CO)[C@@H](O)[C@H](O)[C@H]3O)C[C@]12C. The predicted octanol–water partition coefficient (Wildman–Crippen LogP) is 3.30. The minimum atomic E-state index is -1.53. The Kier molecular flexibility index (Phi) is 9.56. The summed E-state index contributed by atoms with van der Waals surface area (Å²) < 4.78 is 12.6. The van der Waals surface area contributed by atoms with Gasteiger partial charge in [-0.05, 0) is 117 Å². The third kappa shape index (κ3) is 5.68. The first kappa shape index (κ1) is 35.7. The van der Waals surface area contributed by atoms with Crippen molar-refractivity contribution in [3.8, 4) is 0 Å². The molecule has 0 bridgehead atoms. The van der Waals surface area contributed by atoms with E-state index in [0.29, 0.717) is 25.7 Å². The largest absolute Gasteiger partial charge is 0.394 e. The molecule has 9 nitrogen and oxygen atoms in total. The van der Waals surface area contributed by atoms with Gasteiger partial charge in [-0.25, -0.2) is 0 Å². The van der Waals surface area contributed by atoms with Crippen molar-refractivity contribution in [3.63, 3.8) is 0 Å². The molecule has 4 aliphatic carbocycles. The van der Waals surface area contributed by atoms with E-state index >= 15 is 0 Å². The monoisotopic (exact) mass is 638 g/mol. The lowest BCUT2D eigenvalue weighted by atomic mass is 9.34. The van der Waals surface area contributed by atoms with Gasteiger partial charge in [-0.2, -0.15) is 0 Å². The number of aliphatic hydroxyl groups is 7. The van der Waals surface area contributed by atoms with E-state index in [1.165, 1.54) is 5.57 Å². The average Bonchev–Trinajstić information content (AvgIpc) is 3.32. The van der Waals surface area contributed by atoms with Gasteiger partial charge in [-0.3, -0.25) is 0 Å². The number of aliphatic hydroxyl groups excluding tert-OH is 6. The molecular weight excluding hydrogens is 576 g/mol. The summed E-state index contributed by atoms with van der Waals surface area (Å²) in [6, 6.07) is 0. The van der Waals surface area contributed by atoms with Gasteiger partial charge >= 0.3 is 0 Å². The molecule has 7 N–H and O–H groups in total. The lowest BCUT2D eigenvalue weighted by molar-refractivity contribution is -0.346. The van der Waals surface area contributed by atoms with Crippen LogP contribution in [0, 0.1) is 45.3 Å². The Bertz CT molecular complexity index is 1100. The standard InChI is InChI=1S/C36H62O9/c1-19(10-9-13-32(2,3)43)20-11-15-35(7)26(20)21(38)16-24-34(6)14-12-25(39)33(4,5)30(34)22(17-36(24,35)8)44-31-29(42)28(41)27(40)23(18-37)45-31/h10,20-31,37-43H,9,11-18H2,1-8H3/b19-10-/t20-,21-,22+,23-,24-,25-,26+,27-,28+,29-,30-,31-,34+,35-,36-/m1/s1. The van der Waals surface area contributed by atoms with E-state index in [-0.39, 0.29) is 39.9 Å². The fourth-order valence-electron chi connectivity index (χ4n) is 11.7. The van der Waals surface area contributed by atoms with E-state index in [9.17, 15) is 35.7 Å². The van der Waals surface area contributed by atoms with Crippen molar-refractivity contribution >= 4 is 0 Å². The highest BCUT2D eigenvalue weighted by Gasteiger charge is 2.72. The zero-order valence-corrected chi connectivity index (χ0v) is 28.8. The Hall–Kier alpha value is -0.620. The first-order valence-electron chi connectivity index (χ1n) is 17.4. The molecule has 4 saturated carbocycles. The van der Waals surface area contributed by atoms with Crippen LogP contribution in [-0.4, -0.2) is 97.0 Å². The highest BCUT2D eigenvalue weighted by Crippen LogP contribution is 2.76. The summed E-state index contributed by atoms with van der Waals surface area (Å²) in [5.41, 5.74) is -0.729. The molecule has 9 heteroatoms. The fourth-order valence-corrected chi connectivity index (χ4v) is 11.7. The van der Waals surface area contributed by atoms with E-state index in [0.717, 1.165) is 25.7 Å². The molecule has 0 amide bonds. The van der Waals surface area contributed by atoms with Gasteiger partial charge in [0.05, 0.1) is 30.5 Å². The molecule has 0 aromatic carbocycles. The van der Waals surface area contributed by atoms with Crippen LogP contribution in [0.1, 0.15) is 107 Å². The molecule has 1 aliphatic heterocycles. The summed E-state index contributed by atoms with van der Waals surface area (Å²) in [4.78, 5) is 0. The minimum Gasteiger partial charge on any atom is -0.394 e. The molecule has 0 radical (unpaired) electrons. The summed E-state index contributed by atoms with van der Waals surface area (Å²) in [6.45, 7) is 16.5. The maximum atomic E-state index is 12.1. The van der Waals surface area contributed by atoms with Gasteiger partial charge < -0.3 is 45.2 Å². The van der Waals surface area contributed by atoms with Crippen LogP contribution < -0.4 is 0 Å². The van der Waals surface area contributed by atoms with E-state index in [1.54, 1.807) is 0 Å². The highest BCUT2D eigenvalue weighted by molar-refractivity contribution is 5.24. The van der Waals surface area contributed by atoms with Crippen LogP contribution in [0.2, 0.25) is 0 Å². The second kappa shape index (κ2) is 12.1. The van der Waals surface area contributed by atoms with Crippen LogP contribution in [0.3, 0.4) is 0 Å². The summed E-state index contributed by atoms with van der Waals surface area (Å²) in [5.74, 6) is 0.343. The van der Waals surface area contributed by atoms with E-state index in [2.05, 4.69) is 47.6 Å². The van der Waals surface area contributed by atoms with Crippen LogP contribution in [0.15, 0.2) is 11.6 Å². The van der Waals surface area contributed by atoms with Gasteiger partial charge in [-0.1, -0.05) is 46.3 Å². The second-order valence-electron chi connectivity index (χ2n) is 17.6. The second-order valence-corrected chi connectivity index (χ2v) is 17.6. The van der Waals surface area contributed by atoms with Crippen LogP contribution in [-0.2, 0) is 9.47 Å². The van der Waals surface area contributed by atoms with Crippen LogP contribution >= 0.6 is 0 Å². The van der Waals surface area contributed by atoms with Crippen molar-refractivity contribution in [2.45, 2.75) is 161 Å². The van der Waals surface area contributed by atoms with Crippen molar-refractivity contribution in [1.82, 2.24) is 0 Å². The summed E-state index contributed by atoms with van der Waals surface area (Å²) in [6.07, 6.45) is 0.140. The topological polar surface area (TPSA) is 160 Å². The molecule has 5 rings (SSSR count). The van der Waals surface area contributed by atoms with Gasteiger partial charge in [0.15, 0.2) is 6.29 Å². The molecule has 0 unspecified atom stereocenters. The maximum Gasteiger partial charge on any atom is 0.186 e. The van der Waals surface area contributed by atoms with Gasteiger partial charge in [0.2, 0.25) is 0 Å². The number of rotatable bonds is 7. The molecule has 5 fully saturated rings. The molecule has 1 heterocycles. The lowest BCUT2D eigenvalue weighted by Gasteiger charge is -2.72. The molecular formula is C36H62O9. The van der Waals surface area contributed by atoms with Crippen LogP contribution in [0.25, 0.3) is 0 Å². The Labute approximate surface area is 270 Å². The maximum absolute atomic E-state index is 12.1. The van der Waals surface area contributed by atoms with Crippen molar-refractivity contribution in [1.29, 1.82) is 0 Å². The summed E-state index contributed by atoms with van der Waals surface area (Å²) >= 11 is 0. The van der Waals surface area contributed by atoms with Crippen molar-refractivity contribution in [3.05, 3.63) is 11.6 Å². The summed E-state index contributed by atoms with van der Waals surface area (Å²) in [5, 5.41) is 75.5. The Morgan fingerprint density at radius 1 is 0.933 bits per heavy atom. The first-order chi connectivity index (χ1) is 20.7. The van der Waals surface area contributed by atoms with Crippen LogP contribution in [0.4, 0.5) is 0 Å². The molecule has 5 aliphatic rings. The summed E-state index contributed by atoms with van der Waals surface area (Å²) in [7, 11) is 0. The lowest BCUT2D eigenvalue weighted by Crippen LogP contribution is -2.70. The van der Waals surface area contributed by atoms with Gasteiger partial charge in [0.25, 0.3) is 0 Å². The number of hydrogen-bond donors (Lipinski definition) is 7. The molecule has 0 spiro atoms. The average molecular weight is 639 g/mol. The molecule has 15 atom stereocenters. The third-order valence-electron chi connectivity index (χ3n) is 14.2. The van der Waals surface area contributed by atoms with Crippen molar-refractivity contribution < 1.29 is 45.2 Å². The Balaban J connectivity index is 1.52. The smallest absolute Gasteiger partial charge is 0.186 e. The number of hydrogen-bond acceptors (Lipinski definition) is 9. The number of allylic oxidation sites excluding steroid dienone is 2. The third-order valence-corrected chi connectivity index (χ3v) is 14.2. The molecule has 45 heavy (non-hydrogen) atoms. The van der Waals surface area contributed by atoms with E-state index < -0.39 is 66.6 Å². The number of ether oxygens (including phenoxy) is 2. The van der Waals surface area contributed by atoms with Crippen LogP contribution in [0.5, 0.6) is 0 Å². The minimum absolute atomic E-state index is 0.0624. The predicted molar refractivity (Wildman–Crippen MR) is 170 cm³/mol. The van der Waals surface area contributed by atoms with E-state index in [4.69, 9.17) is 9.47 Å². The van der Waals surface area contributed by atoms with Gasteiger partial charge in [0, 0.05) is 0 Å².